The summed E-state index contributed by atoms with van der Waals surface area (Å²) in [5.74, 6) is -0.954. The molecule has 2 aliphatic rings. The second-order valence-electron chi connectivity index (χ2n) is 7.74. The van der Waals surface area contributed by atoms with Crippen molar-refractivity contribution in [2.45, 2.75) is 51.7 Å². The van der Waals surface area contributed by atoms with Gasteiger partial charge in [-0.25, -0.2) is 4.79 Å². The van der Waals surface area contributed by atoms with Crippen LogP contribution in [-0.2, 0) is 32.2 Å². The van der Waals surface area contributed by atoms with Crippen LogP contribution >= 0.6 is 0 Å². The molecule has 0 spiro atoms. The summed E-state index contributed by atoms with van der Waals surface area (Å²) in [4.78, 5) is 61.4. The Bertz CT molecular complexity index is 973. The summed E-state index contributed by atoms with van der Waals surface area (Å²) >= 11 is 0. The molecule has 32 heavy (non-hydrogen) atoms. The van der Waals surface area contributed by atoms with Crippen LogP contribution in [0.1, 0.15) is 54.1 Å². The van der Waals surface area contributed by atoms with Crippen LogP contribution in [0.5, 0.6) is 0 Å². The molecule has 0 aromatic heterocycles. The Kier molecular flexibility index (Phi) is 7.24. The second-order valence-corrected chi connectivity index (χ2v) is 7.74. The number of nitrogens with one attached hydrogen (secondary N) is 3. The molecule has 0 aliphatic carbocycles. The minimum Gasteiger partial charge on any atom is -0.416 e. The normalized spacial score (nSPS) is 17.5. The molecule has 10 heteroatoms. The highest BCUT2D eigenvalue weighted by Gasteiger charge is 2.39. The number of allylic oxidation sites excluding steroid dienone is 1. The topological polar surface area (TPSA) is 134 Å². The maximum absolute atomic E-state index is 12.8. The molecule has 1 unspecified atom stereocenters. The van der Waals surface area contributed by atoms with E-state index in [1.807, 2.05) is 6.07 Å². The monoisotopic (exact) mass is 442 g/mol. The van der Waals surface area contributed by atoms with Crippen molar-refractivity contribution in [2.75, 3.05) is 6.54 Å². The zero-order chi connectivity index (χ0) is 23.3. The molecule has 0 radical (unpaired) electrons. The third-order valence-electron chi connectivity index (χ3n) is 5.27. The Hall–Kier alpha value is -3.69. The van der Waals surface area contributed by atoms with Gasteiger partial charge in [-0.15, -0.1) is 0 Å². The maximum atomic E-state index is 12.8. The third-order valence-corrected chi connectivity index (χ3v) is 5.27. The van der Waals surface area contributed by atoms with Gasteiger partial charge in [0.05, 0.1) is 5.76 Å². The molecule has 1 atom stereocenters. The van der Waals surface area contributed by atoms with Crippen LogP contribution in [0.2, 0.25) is 0 Å². The highest BCUT2D eigenvalue weighted by Crippen LogP contribution is 2.29. The van der Waals surface area contributed by atoms with E-state index >= 15 is 0 Å². The molecule has 3 rings (SSSR count). The second kappa shape index (κ2) is 10.1. The number of carbonyl (C=O) groups excluding carboxylic acids is 5. The van der Waals surface area contributed by atoms with Gasteiger partial charge in [0.1, 0.15) is 6.04 Å². The zero-order valence-corrected chi connectivity index (χ0v) is 17.9. The van der Waals surface area contributed by atoms with Gasteiger partial charge in [0, 0.05) is 38.0 Å². The van der Waals surface area contributed by atoms with Crippen molar-refractivity contribution >= 4 is 29.7 Å². The molecule has 1 fully saturated rings. The van der Waals surface area contributed by atoms with Crippen molar-refractivity contribution in [3.8, 4) is 0 Å². The molecular formula is C22H26N4O6. The van der Waals surface area contributed by atoms with Crippen molar-refractivity contribution in [2.24, 2.45) is 0 Å². The lowest BCUT2D eigenvalue weighted by atomic mass is 10.0. The number of rotatable bonds is 8. The number of amides is 5. The van der Waals surface area contributed by atoms with Crippen molar-refractivity contribution in [3.05, 3.63) is 47.2 Å². The molecule has 5 amide bonds. The van der Waals surface area contributed by atoms with Gasteiger partial charge >= 0.3 is 6.09 Å². The van der Waals surface area contributed by atoms with E-state index in [-0.39, 0.29) is 56.0 Å². The SMILES string of the molecule is C=C(C)OC(=O)NCCCC(=O)NCc1cccc2c1CN(C1CCC(=O)NC1=O)C2=O. The van der Waals surface area contributed by atoms with Crippen LogP contribution in [-0.4, -0.2) is 47.2 Å². The Morgan fingerprint density at radius 3 is 2.75 bits per heavy atom. The van der Waals surface area contributed by atoms with Gasteiger partial charge in [0.15, 0.2) is 0 Å². The summed E-state index contributed by atoms with van der Waals surface area (Å²) in [6.07, 6.45) is 0.530. The molecule has 170 valence electrons. The van der Waals surface area contributed by atoms with E-state index in [0.717, 1.165) is 11.1 Å². The largest absolute Gasteiger partial charge is 0.416 e. The van der Waals surface area contributed by atoms with Crippen LogP contribution in [0, 0.1) is 0 Å². The summed E-state index contributed by atoms with van der Waals surface area (Å²) in [7, 11) is 0. The number of imide groups is 1. The van der Waals surface area contributed by atoms with Crippen molar-refractivity contribution in [3.63, 3.8) is 0 Å². The fourth-order valence-electron chi connectivity index (χ4n) is 3.73. The number of hydrogen-bond donors (Lipinski definition) is 3. The number of nitrogens with zero attached hydrogens (tertiary/aromatic N) is 1. The number of benzene rings is 1. The van der Waals surface area contributed by atoms with E-state index < -0.39 is 18.0 Å². The van der Waals surface area contributed by atoms with Gasteiger partial charge < -0.3 is 20.3 Å². The van der Waals surface area contributed by atoms with Crippen LogP contribution in [0.15, 0.2) is 30.5 Å². The quantitative estimate of drug-likeness (QED) is 0.314. The van der Waals surface area contributed by atoms with E-state index in [1.165, 1.54) is 4.90 Å². The average Bonchev–Trinajstić information content (AvgIpc) is 3.06. The Labute approximate surface area is 185 Å². The predicted molar refractivity (Wildman–Crippen MR) is 113 cm³/mol. The first-order valence-corrected chi connectivity index (χ1v) is 10.4. The van der Waals surface area contributed by atoms with Gasteiger partial charge in [0.2, 0.25) is 17.7 Å². The van der Waals surface area contributed by atoms with Gasteiger partial charge in [-0.3, -0.25) is 24.5 Å². The third kappa shape index (κ3) is 5.51. The van der Waals surface area contributed by atoms with Gasteiger partial charge in [0.25, 0.3) is 5.91 Å². The zero-order valence-electron chi connectivity index (χ0n) is 17.9. The highest BCUT2D eigenvalue weighted by molar-refractivity contribution is 6.05. The number of fused-ring (bicyclic) bond motifs is 1. The van der Waals surface area contributed by atoms with Gasteiger partial charge in [-0.2, -0.15) is 0 Å². The average molecular weight is 442 g/mol. The fourth-order valence-corrected chi connectivity index (χ4v) is 3.73. The molecule has 0 bridgehead atoms. The minimum atomic E-state index is -0.681. The van der Waals surface area contributed by atoms with E-state index in [2.05, 4.69) is 22.5 Å². The van der Waals surface area contributed by atoms with Crippen LogP contribution in [0.3, 0.4) is 0 Å². The van der Waals surface area contributed by atoms with E-state index in [1.54, 1.807) is 19.1 Å². The summed E-state index contributed by atoms with van der Waals surface area (Å²) in [5, 5.41) is 7.63. The van der Waals surface area contributed by atoms with E-state index in [9.17, 15) is 24.0 Å². The Morgan fingerprint density at radius 2 is 2.03 bits per heavy atom. The molecular weight excluding hydrogens is 416 g/mol. The summed E-state index contributed by atoms with van der Waals surface area (Å²) in [5.41, 5.74) is 2.07. The number of ether oxygens (including phenoxy) is 1. The first-order valence-electron chi connectivity index (χ1n) is 10.4. The molecule has 1 aromatic rings. The van der Waals surface area contributed by atoms with E-state index in [4.69, 9.17) is 4.74 Å². The smallest absolute Gasteiger partial charge is 0.412 e. The lowest BCUT2D eigenvalue weighted by Gasteiger charge is -2.29. The Morgan fingerprint density at radius 1 is 1.25 bits per heavy atom. The number of piperidine rings is 1. The lowest BCUT2D eigenvalue weighted by Crippen LogP contribution is -2.52. The number of carbonyl (C=O) groups is 5. The number of alkyl carbamates (subject to hydrolysis) is 1. The molecule has 1 saturated heterocycles. The van der Waals surface area contributed by atoms with Crippen LogP contribution in [0.25, 0.3) is 0 Å². The summed E-state index contributed by atoms with van der Waals surface area (Å²) in [6, 6.07) is 4.59. The first kappa shape index (κ1) is 23.0. The van der Waals surface area contributed by atoms with Crippen LogP contribution < -0.4 is 16.0 Å². The molecule has 1 aromatic carbocycles. The van der Waals surface area contributed by atoms with Crippen molar-refractivity contribution < 1.29 is 28.7 Å². The van der Waals surface area contributed by atoms with Gasteiger partial charge in [-0.05, 0) is 37.0 Å². The van der Waals surface area contributed by atoms with E-state index in [0.29, 0.717) is 18.4 Å². The molecule has 3 N–H and O–H groups in total. The summed E-state index contributed by atoms with van der Waals surface area (Å²) < 4.78 is 4.76. The number of hydrogen-bond acceptors (Lipinski definition) is 6. The molecule has 10 nitrogen and oxygen atoms in total. The highest BCUT2D eigenvalue weighted by atomic mass is 16.6. The Balaban J connectivity index is 1.51. The predicted octanol–water partition coefficient (Wildman–Crippen LogP) is 1.10. The molecule has 0 saturated carbocycles. The van der Waals surface area contributed by atoms with Gasteiger partial charge in [-0.1, -0.05) is 18.7 Å². The minimum absolute atomic E-state index is 0.191. The maximum Gasteiger partial charge on any atom is 0.412 e. The summed E-state index contributed by atoms with van der Waals surface area (Å²) in [6.45, 7) is 5.81. The van der Waals surface area contributed by atoms with Crippen molar-refractivity contribution in [1.82, 2.24) is 20.9 Å². The van der Waals surface area contributed by atoms with Crippen LogP contribution in [0.4, 0.5) is 4.79 Å². The fraction of sp³-hybridized carbons (Fsp3) is 0.409. The first-order chi connectivity index (χ1) is 15.3. The lowest BCUT2D eigenvalue weighted by molar-refractivity contribution is -0.137. The molecule has 2 aliphatic heterocycles. The standard InChI is InChI=1S/C22H26N4O6/c1-13(2)32-22(31)23-10-4-7-18(27)24-11-14-5-3-6-15-16(14)12-26(21(15)30)17-8-9-19(28)25-20(17)29/h3,5-6,17H,1,4,7-12H2,2H3,(H,23,31)(H,24,27)(H,25,28,29). The molecule has 2 heterocycles. The van der Waals surface area contributed by atoms with Crippen molar-refractivity contribution in [1.29, 1.82) is 0 Å².